The maximum Gasteiger partial charge on any atom is 0.327 e. The van der Waals surface area contributed by atoms with Gasteiger partial charge in [-0.3, -0.25) is 19.2 Å². The molecule has 0 radical (unpaired) electrons. The number of nitrogens with one attached hydrogen (secondary N) is 1. The normalized spacial score (nSPS) is 25.6. The summed E-state index contributed by atoms with van der Waals surface area (Å²) in [7, 11) is 5.68. The summed E-state index contributed by atoms with van der Waals surface area (Å²) < 4.78 is 6.28. The molecule has 3 atom stereocenters. The van der Waals surface area contributed by atoms with Gasteiger partial charge >= 0.3 is 5.97 Å². The number of hydrogen-bond acceptors (Lipinski definition) is 6. The van der Waals surface area contributed by atoms with Gasteiger partial charge in [-0.1, -0.05) is 18.2 Å². The number of esters is 1. The van der Waals surface area contributed by atoms with Crippen molar-refractivity contribution in [1.29, 1.82) is 0 Å². The smallest absolute Gasteiger partial charge is 0.327 e. The molecule has 8 nitrogen and oxygen atoms in total. The van der Waals surface area contributed by atoms with Crippen LogP contribution in [0.3, 0.4) is 0 Å². The minimum Gasteiger partial charge on any atom is -0.468 e. The van der Waals surface area contributed by atoms with Crippen LogP contribution in [0.25, 0.3) is 10.9 Å². The molecular formula is C20H27N5O3. The summed E-state index contributed by atoms with van der Waals surface area (Å²) in [6.45, 7) is 2.03. The zero-order valence-electron chi connectivity index (χ0n) is 16.6. The number of rotatable bonds is 4. The maximum atomic E-state index is 13.0. The van der Waals surface area contributed by atoms with E-state index in [4.69, 9.17) is 4.74 Å². The summed E-state index contributed by atoms with van der Waals surface area (Å²) in [6.07, 6.45) is 1.87. The minimum absolute atomic E-state index is 0.0188. The van der Waals surface area contributed by atoms with Crippen LogP contribution in [0.4, 0.5) is 0 Å². The Morgan fingerprint density at radius 1 is 1.18 bits per heavy atom. The summed E-state index contributed by atoms with van der Waals surface area (Å²) in [5.74, 6) is -0.576. The van der Waals surface area contributed by atoms with Gasteiger partial charge in [-0.25, -0.2) is 0 Å². The van der Waals surface area contributed by atoms with Crippen LogP contribution in [0, 0.1) is 0 Å². The Bertz CT molecular complexity index is 879. The largest absolute Gasteiger partial charge is 0.468 e. The van der Waals surface area contributed by atoms with Gasteiger partial charge in [0.1, 0.15) is 6.54 Å². The van der Waals surface area contributed by atoms with E-state index in [1.54, 1.807) is 0 Å². The van der Waals surface area contributed by atoms with Gasteiger partial charge in [-0.15, -0.1) is 0 Å². The summed E-state index contributed by atoms with van der Waals surface area (Å²) in [4.78, 5) is 29.5. The van der Waals surface area contributed by atoms with Gasteiger partial charge in [-0.2, -0.15) is 5.10 Å². The number of piperidine rings is 1. The number of amides is 1. The van der Waals surface area contributed by atoms with Crippen molar-refractivity contribution in [1.82, 2.24) is 24.9 Å². The predicted octanol–water partition coefficient (Wildman–Crippen LogP) is 0.716. The van der Waals surface area contributed by atoms with E-state index in [0.29, 0.717) is 17.8 Å². The van der Waals surface area contributed by atoms with Crippen molar-refractivity contribution in [2.24, 2.45) is 0 Å². The lowest BCUT2D eigenvalue weighted by atomic mass is 9.88. The van der Waals surface area contributed by atoms with E-state index in [-0.39, 0.29) is 18.5 Å². The molecule has 2 bridgehead atoms. The molecular weight excluding hydrogens is 358 g/mol. The van der Waals surface area contributed by atoms with Crippen LogP contribution in [0.1, 0.15) is 23.3 Å². The van der Waals surface area contributed by atoms with E-state index in [1.165, 1.54) is 11.8 Å². The monoisotopic (exact) mass is 385 g/mol. The van der Waals surface area contributed by atoms with Crippen molar-refractivity contribution in [2.75, 3.05) is 34.3 Å². The summed E-state index contributed by atoms with van der Waals surface area (Å²) in [5.41, 5.74) is 1.11. The van der Waals surface area contributed by atoms with E-state index < -0.39 is 5.97 Å². The van der Waals surface area contributed by atoms with E-state index in [0.717, 1.165) is 36.8 Å². The number of ether oxygens (including phenoxy) is 1. The molecule has 0 aliphatic carbocycles. The van der Waals surface area contributed by atoms with Gasteiger partial charge < -0.3 is 15.0 Å². The highest BCUT2D eigenvalue weighted by Crippen LogP contribution is 2.27. The summed E-state index contributed by atoms with van der Waals surface area (Å²) in [5, 5.41) is 8.37. The Hall–Kier alpha value is -2.45. The number of piperazine rings is 1. The molecule has 1 aromatic heterocycles. The lowest BCUT2D eigenvalue weighted by molar-refractivity contribution is -0.141. The van der Waals surface area contributed by atoms with Gasteiger partial charge in [0, 0.05) is 36.6 Å². The quantitative estimate of drug-likeness (QED) is 0.781. The molecule has 8 heteroatoms. The number of likely N-dealkylation sites (tertiary alicyclic amines) is 1. The first-order chi connectivity index (χ1) is 13.5. The summed E-state index contributed by atoms with van der Waals surface area (Å²) in [6, 6.07) is 8.51. The van der Waals surface area contributed by atoms with Crippen molar-refractivity contribution in [3.05, 3.63) is 30.0 Å². The molecule has 1 aromatic carbocycles. The first kappa shape index (κ1) is 18.9. The third kappa shape index (κ3) is 3.49. The van der Waals surface area contributed by atoms with Crippen LogP contribution >= 0.6 is 0 Å². The number of carbonyl (C=O) groups excluding carboxylic acids is 2. The molecule has 28 heavy (non-hydrogen) atoms. The van der Waals surface area contributed by atoms with Crippen molar-refractivity contribution in [3.8, 4) is 0 Å². The van der Waals surface area contributed by atoms with Crippen molar-refractivity contribution < 1.29 is 14.3 Å². The molecule has 0 saturated carbocycles. The van der Waals surface area contributed by atoms with Gasteiger partial charge in [0.15, 0.2) is 5.69 Å². The zero-order chi connectivity index (χ0) is 19.8. The number of hydrogen-bond donors (Lipinski definition) is 1. The van der Waals surface area contributed by atoms with Crippen molar-refractivity contribution >= 4 is 22.8 Å². The molecule has 1 unspecified atom stereocenters. The molecule has 1 N–H and O–H groups in total. The number of aromatic nitrogens is 2. The molecule has 2 fully saturated rings. The Labute approximate surface area is 164 Å². The summed E-state index contributed by atoms with van der Waals surface area (Å²) >= 11 is 0. The fraction of sp³-hybridized carbons (Fsp3) is 0.550. The SMILES string of the molecule is COC(=O)Cn1nc(C(=O)NC2C[C@@H]3CN(C)C[C@H](C2)N3C)c2ccccc21. The Morgan fingerprint density at radius 2 is 1.86 bits per heavy atom. The molecule has 4 rings (SSSR count). The van der Waals surface area contributed by atoms with Crippen LogP contribution in [0.2, 0.25) is 0 Å². The topological polar surface area (TPSA) is 79.7 Å². The number of carbonyl (C=O) groups is 2. The van der Waals surface area contributed by atoms with Gasteiger partial charge in [0.25, 0.3) is 5.91 Å². The molecule has 0 spiro atoms. The molecule has 150 valence electrons. The van der Waals surface area contributed by atoms with Crippen LogP contribution in [0.15, 0.2) is 24.3 Å². The number of para-hydroxylation sites is 1. The van der Waals surface area contributed by atoms with Crippen molar-refractivity contribution in [3.63, 3.8) is 0 Å². The second-order valence-electron chi connectivity index (χ2n) is 7.94. The van der Waals surface area contributed by atoms with Crippen LogP contribution < -0.4 is 5.32 Å². The number of likely N-dealkylation sites (N-methyl/N-ethyl adjacent to an activating group) is 2. The molecule has 1 amide bonds. The number of benzene rings is 1. The lowest BCUT2D eigenvalue weighted by Crippen LogP contribution is -2.63. The fourth-order valence-corrected chi connectivity index (χ4v) is 4.56. The average Bonchev–Trinajstić information content (AvgIpc) is 3.02. The average molecular weight is 385 g/mol. The molecule has 2 saturated heterocycles. The first-order valence-corrected chi connectivity index (χ1v) is 9.70. The standard InChI is InChI=1S/C20H27N5O3/c1-23-10-14-8-13(9-15(11-23)24(14)2)21-20(27)19-16-6-4-5-7-17(16)25(22-19)12-18(26)28-3/h4-7,13-15H,8-12H2,1-3H3,(H,21,27)/t13?,14-,15+. The highest BCUT2D eigenvalue weighted by Gasteiger charge is 2.38. The van der Waals surface area contributed by atoms with Crippen LogP contribution in [0.5, 0.6) is 0 Å². The molecule has 3 heterocycles. The molecule has 2 aliphatic heterocycles. The van der Waals surface area contributed by atoms with E-state index in [9.17, 15) is 9.59 Å². The van der Waals surface area contributed by atoms with Gasteiger partial charge in [0.05, 0.1) is 12.6 Å². The number of methoxy groups -OCH3 is 1. The van der Waals surface area contributed by atoms with Gasteiger partial charge in [-0.05, 0) is 33.0 Å². The minimum atomic E-state index is -0.396. The highest BCUT2D eigenvalue weighted by molar-refractivity contribution is 6.05. The van der Waals surface area contributed by atoms with E-state index in [2.05, 4.69) is 34.3 Å². The Morgan fingerprint density at radius 3 is 2.54 bits per heavy atom. The second-order valence-corrected chi connectivity index (χ2v) is 7.94. The maximum absolute atomic E-state index is 13.0. The lowest BCUT2D eigenvalue weighted by Gasteiger charge is -2.50. The predicted molar refractivity (Wildman–Crippen MR) is 105 cm³/mol. The van der Waals surface area contributed by atoms with E-state index in [1.807, 2.05) is 24.3 Å². The Balaban J connectivity index is 1.54. The second kappa shape index (κ2) is 7.52. The Kier molecular flexibility index (Phi) is 5.07. The highest BCUT2D eigenvalue weighted by atomic mass is 16.5. The van der Waals surface area contributed by atoms with E-state index >= 15 is 0 Å². The first-order valence-electron chi connectivity index (χ1n) is 9.70. The third-order valence-corrected chi connectivity index (χ3v) is 6.02. The van der Waals surface area contributed by atoms with Crippen LogP contribution in [-0.4, -0.2) is 83.9 Å². The number of nitrogens with zero attached hydrogens (tertiary/aromatic N) is 4. The fourth-order valence-electron chi connectivity index (χ4n) is 4.56. The number of fused-ring (bicyclic) bond motifs is 3. The third-order valence-electron chi connectivity index (χ3n) is 6.02. The molecule has 2 aliphatic rings. The zero-order valence-corrected chi connectivity index (χ0v) is 16.6. The van der Waals surface area contributed by atoms with Gasteiger partial charge in [0.2, 0.25) is 0 Å². The molecule has 2 aromatic rings. The van der Waals surface area contributed by atoms with Crippen LogP contribution in [-0.2, 0) is 16.1 Å². The van der Waals surface area contributed by atoms with Crippen molar-refractivity contribution in [2.45, 2.75) is 37.5 Å².